The zero-order valence-corrected chi connectivity index (χ0v) is 14.2. The minimum Gasteiger partial charge on any atom is -0.275 e. The van der Waals surface area contributed by atoms with E-state index >= 15 is 4.39 Å². The molecule has 132 valence electrons. The van der Waals surface area contributed by atoms with E-state index in [4.69, 9.17) is 0 Å². The molecule has 0 aliphatic carbocycles. The maximum atomic E-state index is 15.2. The molecule has 4 heterocycles. The Labute approximate surface area is 152 Å². The van der Waals surface area contributed by atoms with Crippen LogP contribution in [0.25, 0.3) is 27.8 Å². The smallest absolute Gasteiger partial charge is 0.272 e. The van der Waals surface area contributed by atoms with Gasteiger partial charge in [-0.3, -0.25) is 9.67 Å². The number of fused-ring (bicyclic) bond motifs is 2. The minimum atomic E-state index is -1.48. The van der Waals surface area contributed by atoms with Crippen LogP contribution in [0, 0.1) is 0 Å². The van der Waals surface area contributed by atoms with Crippen LogP contribution in [0.1, 0.15) is 17.6 Å². The maximum Gasteiger partial charge on any atom is 0.272 e. The molecule has 0 radical (unpaired) electrons. The topological polar surface area (TPSA) is 86.7 Å². The lowest BCUT2D eigenvalue weighted by Crippen LogP contribution is -2.04. The van der Waals surface area contributed by atoms with Crippen molar-refractivity contribution in [2.45, 2.75) is 6.17 Å². The van der Waals surface area contributed by atoms with Gasteiger partial charge in [0.15, 0.2) is 12.0 Å². The van der Waals surface area contributed by atoms with Crippen molar-refractivity contribution in [3.05, 3.63) is 66.6 Å². The summed E-state index contributed by atoms with van der Waals surface area (Å²) in [5.74, 6) is 0.352. The number of nitrogens with zero attached hydrogens (tertiary/aromatic N) is 8. The highest BCUT2D eigenvalue weighted by molar-refractivity contribution is 5.84. The number of rotatable bonds is 3. The van der Waals surface area contributed by atoms with E-state index in [0.29, 0.717) is 5.56 Å². The van der Waals surface area contributed by atoms with Crippen molar-refractivity contribution < 1.29 is 4.39 Å². The van der Waals surface area contributed by atoms with Crippen LogP contribution in [-0.4, -0.2) is 39.6 Å². The highest BCUT2D eigenvalue weighted by Crippen LogP contribution is 2.29. The van der Waals surface area contributed by atoms with Crippen molar-refractivity contribution in [1.29, 1.82) is 0 Å². The molecule has 0 aliphatic heterocycles. The van der Waals surface area contributed by atoms with Gasteiger partial charge in [0.1, 0.15) is 0 Å². The molecule has 1 unspecified atom stereocenters. The number of benzene rings is 1. The molecule has 0 saturated carbocycles. The zero-order chi connectivity index (χ0) is 18.4. The Kier molecular flexibility index (Phi) is 3.39. The molecule has 1 aromatic carbocycles. The fourth-order valence-electron chi connectivity index (χ4n) is 3.01. The predicted octanol–water partition coefficient (Wildman–Crippen LogP) is 2.53. The van der Waals surface area contributed by atoms with Crippen LogP contribution in [0.5, 0.6) is 0 Å². The molecule has 0 amide bonds. The van der Waals surface area contributed by atoms with Gasteiger partial charge in [-0.1, -0.05) is 6.07 Å². The molecule has 5 aromatic rings. The summed E-state index contributed by atoms with van der Waals surface area (Å²) in [6.45, 7) is 0. The Morgan fingerprint density at radius 2 is 1.89 bits per heavy atom. The van der Waals surface area contributed by atoms with E-state index in [1.54, 1.807) is 35.3 Å². The SMILES string of the molecule is Cn1cc(-c2cnc3ccc(C(F)c4nnc5nccnn45)cc3c2)cn1. The molecule has 9 heteroatoms. The van der Waals surface area contributed by atoms with Crippen LogP contribution < -0.4 is 0 Å². The van der Waals surface area contributed by atoms with Crippen LogP contribution in [0.15, 0.2) is 55.2 Å². The first-order valence-corrected chi connectivity index (χ1v) is 8.24. The third-order valence-electron chi connectivity index (χ3n) is 4.35. The van der Waals surface area contributed by atoms with Gasteiger partial charge >= 0.3 is 0 Å². The van der Waals surface area contributed by atoms with Gasteiger partial charge in [0.2, 0.25) is 0 Å². The van der Waals surface area contributed by atoms with Gasteiger partial charge in [0.05, 0.1) is 24.1 Å². The zero-order valence-electron chi connectivity index (χ0n) is 14.2. The van der Waals surface area contributed by atoms with Gasteiger partial charge in [0.25, 0.3) is 5.78 Å². The Morgan fingerprint density at radius 1 is 0.963 bits per heavy atom. The van der Waals surface area contributed by atoms with E-state index in [-0.39, 0.29) is 11.6 Å². The molecular formula is C18H13FN8. The van der Waals surface area contributed by atoms with Gasteiger partial charge in [0, 0.05) is 36.0 Å². The van der Waals surface area contributed by atoms with E-state index in [9.17, 15) is 0 Å². The summed E-state index contributed by atoms with van der Waals surface area (Å²) >= 11 is 0. The van der Waals surface area contributed by atoms with E-state index in [1.807, 2.05) is 19.3 Å². The average Bonchev–Trinajstić information content (AvgIpc) is 3.33. The van der Waals surface area contributed by atoms with E-state index < -0.39 is 6.17 Å². The van der Waals surface area contributed by atoms with Crippen molar-refractivity contribution in [1.82, 2.24) is 39.6 Å². The number of aryl methyl sites for hydroxylation is 1. The Morgan fingerprint density at radius 3 is 2.74 bits per heavy atom. The van der Waals surface area contributed by atoms with Crippen LogP contribution in [0.4, 0.5) is 4.39 Å². The van der Waals surface area contributed by atoms with Crippen LogP contribution in [0.2, 0.25) is 0 Å². The highest BCUT2D eigenvalue weighted by atomic mass is 19.1. The Balaban J connectivity index is 1.58. The minimum absolute atomic E-state index is 0.0915. The first kappa shape index (κ1) is 15.5. The summed E-state index contributed by atoms with van der Waals surface area (Å²) in [6, 6.07) is 7.22. The van der Waals surface area contributed by atoms with Crippen molar-refractivity contribution in [2.24, 2.45) is 7.05 Å². The van der Waals surface area contributed by atoms with Gasteiger partial charge < -0.3 is 0 Å². The van der Waals surface area contributed by atoms with Crippen LogP contribution in [0.3, 0.4) is 0 Å². The third kappa shape index (κ3) is 2.60. The second-order valence-electron chi connectivity index (χ2n) is 6.15. The van der Waals surface area contributed by atoms with Crippen molar-refractivity contribution in [3.63, 3.8) is 0 Å². The summed E-state index contributed by atoms with van der Waals surface area (Å²) in [5.41, 5.74) is 3.10. The van der Waals surface area contributed by atoms with Gasteiger partial charge in [-0.25, -0.2) is 9.37 Å². The molecule has 0 spiro atoms. The number of alkyl halides is 1. The van der Waals surface area contributed by atoms with E-state index in [0.717, 1.165) is 22.0 Å². The average molecular weight is 360 g/mol. The molecule has 0 bridgehead atoms. The molecule has 27 heavy (non-hydrogen) atoms. The number of hydrogen-bond acceptors (Lipinski definition) is 6. The predicted molar refractivity (Wildman–Crippen MR) is 95.5 cm³/mol. The van der Waals surface area contributed by atoms with Gasteiger partial charge in [-0.2, -0.15) is 14.7 Å². The van der Waals surface area contributed by atoms with Gasteiger partial charge in [-0.05, 0) is 23.8 Å². The Bertz CT molecular complexity index is 1270. The summed E-state index contributed by atoms with van der Waals surface area (Å²) < 4.78 is 18.2. The summed E-state index contributed by atoms with van der Waals surface area (Å²) in [7, 11) is 1.86. The fraction of sp³-hybridized carbons (Fsp3) is 0.111. The highest BCUT2D eigenvalue weighted by Gasteiger charge is 2.21. The fourth-order valence-corrected chi connectivity index (χ4v) is 3.01. The Hall–Kier alpha value is -3.75. The van der Waals surface area contributed by atoms with Crippen molar-refractivity contribution >= 4 is 16.7 Å². The number of hydrogen-bond donors (Lipinski definition) is 0. The number of aromatic nitrogens is 8. The maximum absolute atomic E-state index is 15.2. The number of pyridine rings is 1. The summed E-state index contributed by atoms with van der Waals surface area (Å²) in [5, 5.41) is 16.9. The van der Waals surface area contributed by atoms with Crippen LogP contribution >= 0.6 is 0 Å². The summed E-state index contributed by atoms with van der Waals surface area (Å²) in [6.07, 6.45) is 6.94. The van der Waals surface area contributed by atoms with Crippen LogP contribution in [-0.2, 0) is 7.05 Å². The second kappa shape index (κ2) is 5.90. The second-order valence-corrected chi connectivity index (χ2v) is 6.15. The molecule has 0 N–H and O–H groups in total. The largest absolute Gasteiger partial charge is 0.275 e. The monoisotopic (exact) mass is 360 g/mol. The third-order valence-corrected chi connectivity index (χ3v) is 4.35. The van der Waals surface area contributed by atoms with E-state index in [2.05, 4.69) is 30.4 Å². The first-order chi connectivity index (χ1) is 13.2. The quantitative estimate of drug-likeness (QED) is 0.491. The normalized spacial score (nSPS) is 12.7. The molecule has 0 fully saturated rings. The standard InChI is InChI=1S/C18H13FN8/c1-26-10-14(9-23-26)13-7-12-6-11(2-3-15(12)21-8-13)16(19)17-24-25-18-20-4-5-22-27(17)18/h2-10,16H,1H3. The molecule has 0 saturated heterocycles. The molecule has 5 rings (SSSR count). The molecule has 0 aliphatic rings. The van der Waals surface area contributed by atoms with Crippen molar-refractivity contribution in [2.75, 3.05) is 0 Å². The van der Waals surface area contributed by atoms with Gasteiger partial charge in [-0.15, -0.1) is 10.2 Å². The lowest BCUT2D eigenvalue weighted by Gasteiger charge is -2.08. The lowest BCUT2D eigenvalue weighted by molar-refractivity contribution is 0.377. The molecule has 4 aromatic heterocycles. The summed E-state index contributed by atoms with van der Waals surface area (Å²) in [4.78, 5) is 8.48. The van der Waals surface area contributed by atoms with Crippen molar-refractivity contribution in [3.8, 4) is 11.1 Å². The molecule has 1 atom stereocenters. The first-order valence-electron chi connectivity index (χ1n) is 8.24. The molecular weight excluding hydrogens is 347 g/mol. The lowest BCUT2D eigenvalue weighted by atomic mass is 10.0. The number of halogens is 1. The molecule has 8 nitrogen and oxygen atoms in total. The van der Waals surface area contributed by atoms with E-state index in [1.165, 1.54) is 16.9 Å².